The lowest BCUT2D eigenvalue weighted by Gasteiger charge is -2.26. The lowest BCUT2D eigenvalue weighted by molar-refractivity contribution is -0.155. The molecule has 16 heavy (non-hydrogen) atoms. The third-order valence-corrected chi connectivity index (χ3v) is 3.00. The lowest BCUT2D eigenvalue weighted by Crippen LogP contribution is -2.29. The zero-order valence-electron chi connectivity index (χ0n) is 10.8. The number of esters is 1. The van der Waals surface area contributed by atoms with Crippen molar-refractivity contribution in [1.29, 1.82) is 0 Å². The number of nitrogens with two attached hydrogens (primary N) is 1. The van der Waals surface area contributed by atoms with Crippen LogP contribution in [0, 0.1) is 5.92 Å². The number of hydrogen-bond acceptors (Lipinski definition) is 3. The second kappa shape index (κ2) is 5.67. The molecule has 0 spiro atoms. The van der Waals surface area contributed by atoms with Crippen molar-refractivity contribution in [3.63, 3.8) is 0 Å². The molecule has 0 aliphatic heterocycles. The second-order valence-electron chi connectivity index (χ2n) is 5.92. The second-order valence-corrected chi connectivity index (χ2v) is 5.92. The summed E-state index contributed by atoms with van der Waals surface area (Å²) in [5.41, 5.74) is 5.56. The molecule has 0 aromatic rings. The predicted octanol–water partition coefficient (Wildman–Crippen LogP) is 2.63. The summed E-state index contributed by atoms with van der Waals surface area (Å²) in [4.78, 5) is 11.5. The molecule has 1 saturated carbocycles. The first kappa shape index (κ1) is 13.5. The first-order valence-corrected chi connectivity index (χ1v) is 6.34. The normalized spacial score (nSPS) is 26.5. The van der Waals surface area contributed by atoms with Gasteiger partial charge in [-0.1, -0.05) is 12.8 Å². The molecular formula is C13H25NO2. The van der Waals surface area contributed by atoms with Crippen LogP contribution in [-0.2, 0) is 9.53 Å². The Balaban J connectivity index is 2.21. The summed E-state index contributed by atoms with van der Waals surface area (Å²) in [6.45, 7) is 5.71. The van der Waals surface area contributed by atoms with E-state index in [9.17, 15) is 4.79 Å². The topological polar surface area (TPSA) is 52.3 Å². The molecule has 1 aliphatic rings. The molecule has 94 valence electrons. The Morgan fingerprint density at radius 2 is 2.06 bits per heavy atom. The maximum absolute atomic E-state index is 11.5. The van der Waals surface area contributed by atoms with Crippen molar-refractivity contribution in [3.05, 3.63) is 0 Å². The fourth-order valence-corrected chi connectivity index (χ4v) is 2.31. The van der Waals surface area contributed by atoms with Crippen LogP contribution in [0.25, 0.3) is 0 Å². The molecule has 0 amide bonds. The van der Waals surface area contributed by atoms with E-state index in [0.717, 1.165) is 19.3 Å². The van der Waals surface area contributed by atoms with Gasteiger partial charge in [-0.15, -0.1) is 0 Å². The van der Waals surface area contributed by atoms with Gasteiger partial charge in [-0.05, 0) is 46.0 Å². The average molecular weight is 227 g/mol. The van der Waals surface area contributed by atoms with Crippen LogP contribution in [-0.4, -0.2) is 17.6 Å². The summed E-state index contributed by atoms with van der Waals surface area (Å²) in [5.74, 6) is 0.544. The summed E-state index contributed by atoms with van der Waals surface area (Å²) >= 11 is 0. The van der Waals surface area contributed by atoms with E-state index < -0.39 is 0 Å². The maximum atomic E-state index is 11.5. The fraction of sp³-hybridized carbons (Fsp3) is 0.923. The van der Waals surface area contributed by atoms with Crippen molar-refractivity contribution in [2.75, 3.05) is 0 Å². The molecule has 2 unspecified atom stereocenters. The highest BCUT2D eigenvalue weighted by atomic mass is 16.6. The minimum absolute atomic E-state index is 0.0772. The van der Waals surface area contributed by atoms with E-state index in [1.807, 2.05) is 20.8 Å². The Labute approximate surface area is 98.7 Å². The largest absolute Gasteiger partial charge is 0.460 e. The molecule has 3 nitrogen and oxygen atoms in total. The first-order valence-electron chi connectivity index (χ1n) is 6.34. The van der Waals surface area contributed by atoms with Crippen molar-refractivity contribution in [2.45, 2.75) is 70.9 Å². The maximum Gasteiger partial charge on any atom is 0.306 e. The summed E-state index contributed by atoms with van der Waals surface area (Å²) in [5, 5.41) is 0. The minimum Gasteiger partial charge on any atom is -0.460 e. The van der Waals surface area contributed by atoms with Gasteiger partial charge >= 0.3 is 5.97 Å². The van der Waals surface area contributed by atoms with Crippen molar-refractivity contribution in [1.82, 2.24) is 0 Å². The van der Waals surface area contributed by atoms with Crippen molar-refractivity contribution in [2.24, 2.45) is 11.7 Å². The van der Waals surface area contributed by atoms with Gasteiger partial charge in [0.15, 0.2) is 0 Å². The van der Waals surface area contributed by atoms with Gasteiger partial charge in [0.05, 0.1) is 0 Å². The summed E-state index contributed by atoms with van der Waals surface area (Å²) in [6.07, 6.45) is 6.11. The van der Waals surface area contributed by atoms with Crippen LogP contribution >= 0.6 is 0 Å². The molecular weight excluding hydrogens is 202 g/mol. The summed E-state index contributed by atoms with van der Waals surface area (Å²) in [7, 11) is 0. The van der Waals surface area contributed by atoms with E-state index in [2.05, 4.69) is 0 Å². The Morgan fingerprint density at radius 3 is 2.62 bits per heavy atom. The van der Waals surface area contributed by atoms with Crippen LogP contribution in [0.4, 0.5) is 0 Å². The van der Waals surface area contributed by atoms with Crippen molar-refractivity contribution >= 4 is 5.97 Å². The van der Waals surface area contributed by atoms with Crippen LogP contribution < -0.4 is 5.73 Å². The minimum atomic E-state index is -0.361. The molecule has 3 heteroatoms. The third kappa shape index (κ3) is 5.50. The molecule has 0 aromatic heterocycles. The Bertz CT molecular complexity index is 233. The van der Waals surface area contributed by atoms with E-state index in [1.54, 1.807) is 0 Å². The van der Waals surface area contributed by atoms with E-state index in [4.69, 9.17) is 10.5 Å². The average Bonchev–Trinajstić information content (AvgIpc) is 2.12. The van der Waals surface area contributed by atoms with E-state index in [-0.39, 0.29) is 11.6 Å². The third-order valence-electron chi connectivity index (χ3n) is 3.00. The number of carbonyl (C=O) groups excluding carboxylic acids is 1. The Hall–Kier alpha value is -0.570. The van der Waals surface area contributed by atoms with E-state index >= 15 is 0 Å². The molecule has 1 fully saturated rings. The van der Waals surface area contributed by atoms with Crippen molar-refractivity contribution in [3.8, 4) is 0 Å². The van der Waals surface area contributed by atoms with Gasteiger partial charge in [0.25, 0.3) is 0 Å². The van der Waals surface area contributed by atoms with Crippen LogP contribution in [0.1, 0.15) is 59.3 Å². The number of rotatable bonds is 3. The zero-order chi connectivity index (χ0) is 12.2. The number of hydrogen-bond donors (Lipinski definition) is 1. The molecule has 0 bridgehead atoms. The standard InChI is InChI=1S/C13H25NO2/c1-13(2,3)16-12(15)8-7-10-5-4-6-11(14)9-10/h10-11H,4-9,14H2,1-3H3. The molecule has 0 heterocycles. The summed E-state index contributed by atoms with van der Waals surface area (Å²) < 4.78 is 5.29. The monoisotopic (exact) mass is 227 g/mol. The van der Waals surface area contributed by atoms with Gasteiger partial charge < -0.3 is 10.5 Å². The van der Waals surface area contributed by atoms with Gasteiger partial charge in [-0.25, -0.2) is 0 Å². The fourth-order valence-electron chi connectivity index (χ4n) is 2.31. The Kier molecular flexibility index (Phi) is 4.78. The number of ether oxygens (including phenoxy) is 1. The molecule has 0 saturated heterocycles. The van der Waals surface area contributed by atoms with Crippen LogP contribution in [0.5, 0.6) is 0 Å². The van der Waals surface area contributed by atoms with Crippen molar-refractivity contribution < 1.29 is 9.53 Å². The summed E-state index contributed by atoms with van der Waals surface area (Å²) in [6, 6.07) is 0.345. The number of carbonyl (C=O) groups is 1. The van der Waals surface area contributed by atoms with E-state index in [0.29, 0.717) is 18.4 Å². The highest BCUT2D eigenvalue weighted by Gasteiger charge is 2.21. The first-order chi connectivity index (χ1) is 7.37. The molecule has 0 radical (unpaired) electrons. The van der Waals surface area contributed by atoms with Crippen LogP contribution in [0.2, 0.25) is 0 Å². The molecule has 0 aromatic carbocycles. The van der Waals surface area contributed by atoms with Gasteiger partial charge in [-0.3, -0.25) is 4.79 Å². The van der Waals surface area contributed by atoms with Gasteiger partial charge in [0.1, 0.15) is 5.60 Å². The smallest absolute Gasteiger partial charge is 0.306 e. The SMILES string of the molecule is CC(C)(C)OC(=O)CCC1CCCC(N)C1. The molecule has 1 aliphatic carbocycles. The van der Waals surface area contributed by atoms with E-state index in [1.165, 1.54) is 12.8 Å². The molecule has 2 N–H and O–H groups in total. The molecule has 2 atom stereocenters. The highest BCUT2D eigenvalue weighted by Crippen LogP contribution is 2.27. The zero-order valence-corrected chi connectivity index (χ0v) is 10.8. The van der Waals surface area contributed by atoms with Crippen LogP contribution in [0.15, 0.2) is 0 Å². The Morgan fingerprint density at radius 1 is 1.38 bits per heavy atom. The lowest BCUT2D eigenvalue weighted by atomic mass is 9.83. The van der Waals surface area contributed by atoms with Gasteiger partial charge in [0.2, 0.25) is 0 Å². The highest BCUT2D eigenvalue weighted by molar-refractivity contribution is 5.69. The molecule has 1 rings (SSSR count). The predicted molar refractivity (Wildman–Crippen MR) is 65.0 cm³/mol. The quantitative estimate of drug-likeness (QED) is 0.754. The van der Waals surface area contributed by atoms with Gasteiger partial charge in [0, 0.05) is 12.5 Å². The van der Waals surface area contributed by atoms with Gasteiger partial charge in [-0.2, -0.15) is 0 Å². The van der Waals surface area contributed by atoms with Crippen LogP contribution in [0.3, 0.4) is 0 Å².